The van der Waals surface area contributed by atoms with Crippen LogP contribution in [-0.4, -0.2) is 37.8 Å². The zero-order valence-electron chi connectivity index (χ0n) is 13.3. The fraction of sp³-hybridized carbons (Fsp3) is 0.800. The standard InChI is InChI=1S/C15H27NO2Si/c1-10-8-9-16-13(10)12(14(16)17)11(2)18-19(6,7)15(3,4)5/h8,11-13H,9H2,1-7H3/t11-,12-,13-/m1/s1. The molecule has 0 aliphatic carbocycles. The van der Waals surface area contributed by atoms with Gasteiger partial charge in [0.25, 0.3) is 0 Å². The zero-order valence-corrected chi connectivity index (χ0v) is 14.3. The van der Waals surface area contributed by atoms with Crippen LogP contribution in [-0.2, 0) is 9.22 Å². The number of carbonyl (C=O) groups excluding carboxylic acids is 1. The summed E-state index contributed by atoms with van der Waals surface area (Å²) in [6.45, 7) is 16.2. The van der Waals surface area contributed by atoms with E-state index in [1.807, 2.05) is 4.90 Å². The normalized spacial score (nSPS) is 28.9. The summed E-state index contributed by atoms with van der Waals surface area (Å²) in [7, 11) is -1.80. The minimum atomic E-state index is -1.80. The lowest BCUT2D eigenvalue weighted by molar-refractivity contribution is -0.157. The van der Waals surface area contributed by atoms with Gasteiger partial charge >= 0.3 is 0 Å². The Hall–Kier alpha value is -0.613. The molecule has 108 valence electrons. The topological polar surface area (TPSA) is 29.5 Å². The molecule has 0 unspecified atom stereocenters. The van der Waals surface area contributed by atoms with E-state index in [-0.39, 0.29) is 23.0 Å². The van der Waals surface area contributed by atoms with E-state index in [2.05, 4.69) is 53.8 Å². The second-order valence-electron chi connectivity index (χ2n) is 7.49. The second-order valence-corrected chi connectivity index (χ2v) is 12.2. The van der Waals surface area contributed by atoms with Gasteiger partial charge in [0.1, 0.15) is 0 Å². The molecular weight excluding hydrogens is 254 g/mol. The van der Waals surface area contributed by atoms with Crippen LogP contribution in [0.1, 0.15) is 34.6 Å². The summed E-state index contributed by atoms with van der Waals surface area (Å²) in [5.74, 6) is 0.303. The average molecular weight is 281 g/mol. The van der Waals surface area contributed by atoms with Crippen LogP contribution in [0.15, 0.2) is 11.6 Å². The molecule has 3 nitrogen and oxygen atoms in total. The van der Waals surface area contributed by atoms with E-state index in [1.54, 1.807) is 0 Å². The maximum absolute atomic E-state index is 12.2. The van der Waals surface area contributed by atoms with Gasteiger partial charge in [0.15, 0.2) is 8.32 Å². The van der Waals surface area contributed by atoms with Gasteiger partial charge in [0.05, 0.1) is 18.1 Å². The molecule has 1 amide bonds. The van der Waals surface area contributed by atoms with Gasteiger partial charge < -0.3 is 9.33 Å². The summed E-state index contributed by atoms with van der Waals surface area (Å²) in [6.07, 6.45) is 2.19. The minimum absolute atomic E-state index is 0.0242. The summed E-state index contributed by atoms with van der Waals surface area (Å²) in [4.78, 5) is 14.2. The molecule has 0 aromatic heterocycles. The van der Waals surface area contributed by atoms with Crippen LogP contribution < -0.4 is 0 Å². The summed E-state index contributed by atoms with van der Waals surface area (Å²) in [5.41, 5.74) is 1.33. The van der Waals surface area contributed by atoms with Gasteiger partial charge in [-0.25, -0.2) is 0 Å². The molecule has 4 heteroatoms. The van der Waals surface area contributed by atoms with E-state index in [0.29, 0.717) is 6.04 Å². The number of hydrogen-bond acceptors (Lipinski definition) is 2. The molecule has 0 bridgehead atoms. The first-order chi connectivity index (χ1) is 8.56. The highest BCUT2D eigenvalue weighted by molar-refractivity contribution is 6.74. The molecular formula is C15H27NO2Si. The Balaban J connectivity index is 2.07. The molecule has 0 aromatic rings. The predicted octanol–water partition coefficient (Wildman–Crippen LogP) is 3.18. The Labute approximate surface area is 118 Å². The Bertz CT molecular complexity index is 422. The van der Waals surface area contributed by atoms with Crippen molar-refractivity contribution < 1.29 is 9.22 Å². The first-order valence-electron chi connectivity index (χ1n) is 7.21. The third kappa shape index (κ3) is 2.29. The largest absolute Gasteiger partial charge is 0.413 e. The van der Waals surface area contributed by atoms with Crippen molar-refractivity contribution in [3.05, 3.63) is 11.6 Å². The number of hydrogen-bond donors (Lipinski definition) is 0. The van der Waals surface area contributed by atoms with E-state index in [9.17, 15) is 4.79 Å². The van der Waals surface area contributed by atoms with E-state index in [4.69, 9.17) is 4.43 Å². The lowest BCUT2D eigenvalue weighted by Gasteiger charge is -2.49. The molecule has 2 aliphatic rings. The minimum Gasteiger partial charge on any atom is -0.413 e. The Morgan fingerprint density at radius 3 is 2.53 bits per heavy atom. The number of rotatable bonds is 3. The first kappa shape index (κ1) is 14.8. The van der Waals surface area contributed by atoms with Crippen LogP contribution in [0, 0.1) is 5.92 Å². The molecule has 0 radical (unpaired) electrons. The molecule has 1 saturated heterocycles. The maximum Gasteiger partial charge on any atom is 0.231 e. The van der Waals surface area contributed by atoms with Crippen molar-refractivity contribution in [3.63, 3.8) is 0 Å². The SMILES string of the molecule is CC1=CCN2C(=O)[C@H]([C@@H](C)O[Si](C)(C)C(C)(C)C)[C@@H]12. The molecule has 2 aliphatic heterocycles. The fourth-order valence-electron chi connectivity index (χ4n) is 2.84. The van der Waals surface area contributed by atoms with Crippen LogP contribution in [0.5, 0.6) is 0 Å². The molecule has 0 saturated carbocycles. The summed E-state index contributed by atoms with van der Waals surface area (Å²) >= 11 is 0. The zero-order chi connectivity index (χ0) is 14.6. The Morgan fingerprint density at radius 1 is 1.42 bits per heavy atom. The van der Waals surface area contributed by atoms with E-state index >= 15 is 0 Å². The van der Waals surface area contributed by atoms with Gasteiger partial charge in [-0.15, -0.1) is 0 Å². The van der Waals surface area contributed by atoms with Crippen LogP contribution >= 0.6 is 0 Å². The van der Waals surface area contributed by atoms with Crippen LogP contribution in [0.2, 0.25) is 18.1 Å². The van der Waals surface area contributed by atoms with Gasteiger partial charge in [0, 0.05) is 6.54 Å². The van der Waals surface area contributed by atoms with Crippen molar-refractivity contribution in [1.29, 1.82) is 0 Å². The van der Waals surface area contributed by atoms with Crippen molar-refractivity contribution in [3.8, 4) is 0 Å². The smallest absolute Gasteiger partial charge is 0.231 e. The summed E-state index contributed by atoms with van der Waals surface area (Å²) < 4.78 is 6.40. The van der Waals surface area contributed by atoms with Crippen molar-refractivity contribution in [2.75, 3.05) is 6.54 Å². The van der Waals surface area contributed by atoms with Crippen molar-refractivity contribution in [1.82, 2.24) is 4.90 Å². The van der Waals surface area contributed by atoms with Gasteiger partial charge in [-0.05, 0) is 32.0 Å². The average Bonchev–Trinajstić information content (AvgIpc) is 2.53. The molecule has 3 atom stereocenters. The van der Waals surface area contributed by atoms with E-state index in [0.717, 1.165) is 6.54 Å². The number of nitrogens with zero attached hydrogens (tertiary/aromatic N) is 1. The van der Waals surface area contributed by atoms with Crippen LogP contribution in [0.3, 0.4) is 0 Å². The van der Waals surface area contributed by atoms with Crippen molar-refractivity contribution >= 4 is 14.2 Å². The molecule has 19 heavy (non-hydrogen) atoms. The molecule has 0 aromatic carbocycles. The van der Waals surface area contributed by atoms with Gasteiger partial charge in [-0.3, -0.25) is 4.79 Å². The van der Waals surface area contributed by atoms with Crippen LogP contribution in [0.4, 0.5) is 0 Å². The quantitative estimate of drug-likeness (QED) is 0.452. The number of carbonyl (C=O) groups is 1. The number of amides is 1. The Morgan fingerprint density at radius 2 is 2.00 bits per heavy atom. The summed E-state index contributed by atoms with van der Waals surface area (Å²) in [5, 5.41) is 0.189. The molecule has 0 spiro atoms. The third-order valence-corrected chi connectivity index (χ3v) is 9.69. The lowest BCUT2D eigenvalue weighted by Crippen LogP contribution is -2.63. The molecule has 2 heterocycles. The van der Waals surface area contributed by atoms with Gasteiger partial charge in [-0.2, -0.15) is 0 Å². The number of fused-ring (bicyclic) bond motifs is 1. The highest BCUT2D eigenvalue weighted by atomic mass is 28.4. The third-order valence-electron chi connectivity index (χ3n) is 5.11. The maximum atomic E-state index is 12.2. The molecule has 2 rings (SSSR count). The molecule has 0 N–H and O–H groups in total. The Kier molecular flexibility index (Phi) is 3.46. The monoisotopic (exact) mass is 281 g/mol. The predicted molar refractivity (Wildman–Crippen MR) is 80.5 cm³/mol. The van der Waals surface area contributed by atoms with Gasteiger partial charge in [-0.1, -0.05) is 32.4 Å². The van der Waals surface area contributed by atoms with Crippen LogP contribution in [0.25, 0.3) is 0 Å². The highest BCUT2D eigenvalue weighted by Gasteiger charge is 2.54. The van der Waals surface area contributed by atoms with Gasteiger partial charge in [0.2, 0.25) is 5.91 Å². The summed E-state index contributed by atoms with van der Waals surface area (Å²) in [6, 6.07) is 0.298. The number of β-lactam (4-membered cyclic amide) rings is 1. The van der Waals surface area contributed by atoms with Crippen molar-refractivity contribution in [2.24, 2.45) is 5.92 Å². The molecule has 1 fully saturated rings. The second kappa shape index (κ2) is 4.45. The van der Waals surface area contributed by atoms with E-state index < -0.39 is 8.32 Å². The fourth-order valence-corrected chi connectivity index (χ4v) is 4.27. The first-order valence-corrected chi connectivity index (χ1v) is 10.1. The van der Waals surface area contributed by atoms with Crippen molar-refractivity contribution in [2.45, 2.75) is 64.9 Å². The van der Waals surface area contributed by atoms with E-state index in [1.165, 1.54) is 5.57 Å². The highest BCUT2D eigenvalue weighted by Crippen LogP contribution is 2.42. The lowest BCUT2D eigenvalue weighted by atomic mass is 9.82.